The summed E-state index contributed by atoms with van der Waals surface area (Å²) in [5.41, 5.74) is 4.80. The van der Waals surface area contributed by atoms with E-state index in [-0.39, 0.29) is 16.6 Å². The summed E-state index contributed by atoms with van der Waals surface area (Å²) in [6.45, 7) is 2.32. The van der Waals surface area contributed by atoms with Crippen molar-refractivity contribution in [2.24, 2.45) is 5.92 Å². The van der Waals surface area contributed by atoms with E-state index in [4.69, 9.17) is 12.6 Å². The van der Waals surface area contributed by atoms with Crippen LogP contribution in [-0.4, -0.2) is 5.25 Å². The summed E-state index contributed by atoms with van der Waals surface area (Å²) < 4.78 is 0. The molecule has 2 aliphatic carbocycles. The van der Waals surface area contributed by atoms with Crippen molar-refractivity contribution in [3.05, 3.63) is 106 Å². The maximum atomic E-state index is 4.83. The van der Waals surface area contributed by atoms with E-state index in [1.54, 1.807) is 0 Å². The van der Waals surface area contributed by atoms with Crippen LogP contribution in [0.15, 0.2) is 100 Å². The fourth-order valence-electron chi connectivity index (χ4n) is 4.18. The lowest BCUT2D eigenvalue weighted by Gasteiger charge is -2.39. The quantitative estimate of drug-likeness (QED) is 0.434. The first-order valence-corrected chi connectivity index (χ1v) is 10.9. The fraction of sp³-hybridized carbons (Fsp3) is 0.200. The smallest absolute Gasteiger partial charge is 0.0280 e. The van der Waals surface area contributed by atoms with Crippen LogP contribution in [0.5, 0.6) is 0 Å². The zero-order valence-corrected chi connectivity index (χ0v) is 18.5. The maximum Gasteiger partial charge on any atom is 0.0280 e. The van der Waals surface area contributed by atoms with Crippen molar-refractivity contribution in [1.29, 1.82) is 0 Å². The van der Waals surface area contributed by atoms with E-state index in [0.29, 0.717) is 0 Å². The number of rotatable bonds is 4. The maximum absolute atomic E-state index is 4.83. The van der Waals surface area contributed by atoms with Gasteiger partial charge < -0.3 is 0 Å². The van der Waals surface area contributed by atoms with E-state index in [2.05, 4.69) is 111 Å². The fourth-order valence-corrected chi connectivity index (χ4v) is 5.31. The molecule has 0 saturated carbocycles. The number of hydrogen-bond donors (Lipinski definition) is 3. The molecule has 2 aromatic rings. The number of hydrogen-bond acceptors (Lipinski definition) is 3. The Morgan fingerprint density at radius 3 is 2.18 bits per heavy atom. The van der Waals surface area contributed by atoms with Gasteiger partial charge in [0.05, 0.1) is 0 Å². The van der Waals surface area contributed by atoms with Crippen LogP contribution < -0.4 is 0 Å². The molecule has 0 heterocycles. The Balaban J connectivity index is 1.79. The van der Waals surface area contributed by atoms with Crippen molar-refractivity contribution in [2.75, 3.05) is 0 Å². The van der Waals surface area contributed by atoms with Crippen LogP contribution in [0.3, 0.4) is 0 Å². The molecule has 0 fully saturated rings. The minimum atomic E-state index is -0.211. The number of thiol groups is 3. The number of allylic oxidation sites excluding steroid dienone is 5. The van der Waals surface area contributed by atoms with Gasteiger partial charge in [0, 0.05) is 26.4 Å². The van der Waals surface area contributed by atoms with E-state index in [1.807, 2.05) is 6.07 Å². The molecule has 28 heavy (non-hydrogen) atoms. The second-order valence-corrected chi connectivity index (χ2v) is 9.26. The lowest BCUT2D eigenvalue weighted by atomic mass is 9.66. The van der Waals surface area contributed by atoms with Gasteiger partial charge in [-0.3, -0.25) is 0 Å². The van der Waals surface area contributed by atoms with Crippen LogP contribution in [-0.2, 0) is 5.41 Å². The molecule has 3 atom stereocenters. The van der Waals surface area contributed by atoms with Crippen LogP contribution in [0.25, 0.3) is 11.1 Å². The monoisotopic (exact) mass is 420 g/mol. The first-order chi connectivity index (χ1) is 13.5. The minimum Gasteiger partial charge on any atom is -0.171 e. The Bertz CT molecular complexity index is 980. The Hall–Kier alpha value is -1.55. The summed E-state index contributed by atoms with van der Waals surface area (Å²) in [6.07, 6.45) is 12.0. The Kier molecular flexibility index (Phi) is 5.69. The van der Waals surface area contributed by atoms with Crippen molar-refractivity contribution >= 4 is 37.9 Å². The molecular formula is C25H24S3. The third kappa shape index (κ3) is 3.68. The van der Waals surface area contributed by atoms with Crippen molar-refractivity contribution in [3.63, 3.8) is 0 Å². The molecule has 3 unspecified atom stereocenters. The van der Waals surface area contributed by atoms with E-state index in [0.717, 1.165) is 16.2 Å². The summed E-state index contributed by atoms with van der Waals surface area (Å²) in [5, 5.41) is 0.232. The summed E-state index contributed by atoms with van der Waals surface area (Å²) in [7, 11) is 0. The Morgan fingerprint density at radius 1 is 0.893 bits per heavy atom. The molecule has 0 aliphatic heterocycles. The molecule has 4 rings (SSSR count). The van der Waals surface area contributed by atoms with Gasteiger partial charge in [-0.15, -0.1) is 25.3 Å². The highest BCUT2D eigenvalue weighted by atomic mass is 32.1. The molecule has 0 bridgehead atoms. The highest BCUT2D eigenvalue weighted by Gasteiger charge is 2.40. The summed E-state index contributed by atoms with van der Waals surface area (Å²) in [6, 6.07) is 19.5. The van der Waals surface area contributed by atoms with E-state index >= 15 is 0 Å². The first kappa shape index (κ1) is 19.8. The largest absolute Gasteiger partial charge is 0.171 e. The summed E-state index contributed by atoms with van der Waals surface area (Å²) >= 11 is 14.0. The molecule has 0 aromatic heterocycles. The number of benzene rings is 2. The molecule has 2 aromatic carbocycles. The zero-order valence-electron chi connectivity index (χ0n) is 15.8. The van der Waals surface area contributed by atoms with Gasteiger partial charge in [0.2, 0.25) is 0 Å². The van der Waals surface area contributed by atoms with E-state index < -0.39 is 0 Å². The SMILES string of the molecule is CC(C1=CCC(S)C=C1S)(c1ccc(-c2ccccc2)cc1)C1C=CC(S)=C1. The molecule has 0 nitrogen and oxygen atoms in total. The molecule has 0 radical (unpaired) electrons. The lowest BCUT2D eigenvalue weighted by molar-refractivity contribution is 0.482. The Morgan fingerprint density at radius 2 is 1.57 bits per heavy atom. The van der Waals surface area contributed by atoms with Crippen molar-refractivity contribution in [1.82, 2.24) is 0 Å². The van der Waals surface area contributed by atoms with Gasteiger partial charge in [-0.05, 0) is 28.7 Å². The first-order valence-electron chi connectivity index (χ1n) is 9.53. The second kappa shape index (κ2) is 8.06. The average molecular weight is 421 g/mol. The molecule has 142 valence electrons. The second-order valence-electron chi connectivity index (χ2n) is 7.59. The molecule has 0 N–H and O–H groups in total. The predicted octanol–water partition coefficient (Wildman–Crippen LogP) is 7.05. The standard InChI is InChI=1S/C25H24S3/c1-25(20-11-12-21(26)15-20,23-14-13-22(27)16-24(23)28)19-9-7-18(8-10-19)17-5-3-2-4-6-17/h2-12,14-16,20,22,26-28H,13H2,1H3. The predicted molar refractivity (Wildman–Crippen MR) is 131 cm³/mol. The average Bonchev–Trinajstić information content (AvgIpc) is 3.15. The normalized spacial score (nSPS) is 23.6. The summed E-state index contributed by atoms with van der Waals surface area (Å²) in [4.78, 5) is 2.04. The van der Waals surface area contributed by atoms with Gasteiger partial charge in [-0.1, -0.05) is 91.9 Å². The molecule has 0 amide bonds. The van der Waals surface area contributed by atoms with Crippen molar-refractivity contribution in [2.45, 2.75) is 24.0 Å². The lowest BCUT2D eigenvalue weighted by Crippen LogP contribution is -2.33. The molecule has 0 spiro atoms. The van der Waals surface area contributed by atoms with Gasteiger partial charge in [0.15, 0.2) is 0 Å². The van der Waals surface area contributed by atoms with Gasteiger partial charge in [0.25, 0.3) is 0 Å². The van der Waals surface area contributed by atoms with E-state index in [9.17, 15) is 0 Å². The van der Waals surface area contributed by atoms with Crippen molar-refractivity contribution < 1.29 is 0 Å². The van der Waals surface area contributed by atoms with Crippen molar-refractivity contribution in [3.8, 4) is 11.1 Å². The molecule has 0 saturated heterocycles. The topological polar surface area (TPSA) is 0 Å². The summed E-state index contributed by atoms with van der Waals surface area (Å²) in [5.74, 6) is 0.237. The highest BCUT2D eigenvalue weighted by molar-refractivity contribution is 7.85. The Labute approximate surface area is 184 Å². The van der Waals surface area contributed by atoms with Crippen LogP contribution in [0.1, 0.15) is 18.9 Å². The van der Waals surface area contributed by atoms with Gasteiger partial charge in [-0.2, -0.15) is 12.6 Å². The van der Waals surface area contributed by atoms with Crippen LogP contribution in [0.4, 0.5) is 0 Å². The minimum absolute atomic E-state index is 0.211. The van der Waals surface area contributed by atoms with E-state index in [1.165, 1.54) is 22.3 Å². The van der Waals surface area contributed by atoms with Crippen LogP contribution in [0.2, 0.25) is 0 Å². The third-order valence-electron chi connectivity index (χ3n) is 5.83. The van der Waals surface area contributed by atoms with Gasteiger partial charge >= 0.3 is 0 Å². The molecule has 2 aliphatic rings. The van der Waals surface area contributed by atoms with Gasteiger partial charge in [-0.25, -0.2) is 0 Å². The van der Waals surface area contributed by atoms with Crippen LogP contribution >= 0.6 is 37.9 Å². The molecule has 3 heteroatoms. The van der Waals surface area contributed by atoms with Crippen LogP contribution in [0, 0.1) is 5.92 Å². The zero-order chi connectivity index (χ0) is 19.7. The highest BCUT2D eigenvalue weighted by Crippen LogP contribution is 2.48. The van der Waals surface area contributed by atoms with Gasteiger partial charge in [0.1, 0.15) is 0 Å². The molecular weight excluding hydrogens is 396 g/mol. The third-order valence-corrected chi connectivity index (χ3v) is 6.88.